The van der Waals surface area contributed by atoms with Crippen LogP contribution in [-0.2, 0) is 33.3 Å². The molecule has 9 heteroatoms. The predicted molar refractivity (Wildman–Crippen MR) is 310 cm³/mol. The van der Waals surface area contributed by atoms with Crippen LogP contribution in [0.3, 0.4) is 0 Å². The number of aliphatic carboxylic acids is 1. The molecule has 0 aromatic carbocycles. The van der Waals surface area contributed by atoms with Crippen molar-refractivity contribution in [2.45, 2.75) is 212 Å². The van der Waals surface area contributed by atoms with Crippen LogP contribution < -0.4 is 5.11 Å². The van der Waals surface area contributed by atoms with Crippen molar-refractivity contribution in [3.63, 3.8) is 0 Å². The molecule has 0 spiro atoms. The Morgan fingerprint density at radius 2 is 0.770 bits per heavy atom. The van der Waals surface area contributed by atoms with Crippen LogP contribution in [0.2, 0.25) is 0 Å². The smallest absolute Gasteiger partial charge is 0.306 e. The number of carboxylic acid groups (broad SMARTS) is 1. The first-order chi connectivity index (χ1) is 36.1. The average molecular weight is 1030 g/mol. The van der Waals surface area contributed by atoms with E-state index in [4.69, 9.17) is 18.9 Å². The number of quaternary nitrogens is 1. The first-order valence-corrected chi connectivity index (χ1v) is 28.8. The third-order valence-electron chi connectivity index (χ3n) is 11.6. The number of carboxylic acids is 1. The minimum Gasteiger partial charge on any atom is -0.545 e. The van der Waals surface area contributed by atoms with E-state index in [1.165, 1.54) is 32.1 Å². The summed E-state index contributed by atoms with van der Waals surface area (Å²) in [5.74, 6) is -2.33. The quantitative estimate of drug-likeness (QED) is 0.0195. The Balaban J connectivity index is 4.15. The SMILES string of the molecule is CC/C=C\C/C=C\C/C=C\C/C=C\C/C=C\C/C=C\C/C=C\C/C=C\C/C=C\C/C=C\CCCCCCCCCCC(=O)OC(COC(=O)CCCCCCC/C=C\CCC)COC(OCC[N+](C)(C)C)C(=O)[O-]. The van der Waals surface area contributed by atoms with E-state index in [0.717, 1.165) is 135 Å². The molecule has 2 unspecified atom stereocenters. The molecular formula is C65H105NO8. The Hall–Kier alpha value is -4.57. The highest BCUT2D eigenvalue weighted by molar-refractivity contribution is 5.70. The van der Waals surface area contributed by atoms with Gasteiger partial charge < -0.3 is 33.3 Å². The highest BCUT2D eigenvalue weighted by Gasteiger charge is 2.22. The second kappa shape index (κ2) is 54.7. The fraction of sp³-hybridized carbons (Fsp3) is 0.615. The molecule has 0 aliphatic carbocycles. The molecule has 0 saturated heterocycles. The van der Waals surface area contributed by atoms with Gasteiger partial charge in [-0.3, -0.25) is 9.59 Å². The normalized spacial score (nSPS) is 13.8. The summed E-state index contributed by atoms with van der Waals surface area (Å²) in [6.45, 7) is 4.52. The largest absolute Gasteiger partial charge is 0.545 e. The summed E-state index contributed by atoms with van der Waals surface area (Å²) in [6.07, 6.45) is 75.2. The van der Waals surface area contributed by atoms with Gasteiger partial charge >= 0.3 is 11.9 Å². The highest BCUT2D eigenvalue weighted by Crippen LogP contribution is 2.14. The van der Waals surface area contributed by atoms with Gasteiger partial charge in [0, 0.05) is 12.8 Å². The van der Waals surface area contributed by atoms with Crippen molar-refractivity contribution < 1.29 is 42.9 Å². The molecule has 0 aromatic rings. The molecule has 0 aromatic heterocycles. The second-order valence-electron chi connectivity index (χ2n) is 19.8. The maximum absolute atomic E-state index is 12.8. The summed E-state index contributed by atoms with van der Waals surface area (Å²) in [6, 6.07) is 0. The van der Waals surface area contributed by atoms with E-state index in [1.807, 2.05) is 21.1 Å². The Bertz CT molecular complexity index is 1670. The lowest BCUT2D eigenvalue weighted by molar-refractivity contribution is -0.870. The number of hydrogen-bond donors (Lipinski definition) is 0. The second-order valence-corrected chi connectivity index (χ2v) is 19.8. The van der Waals surface area contributed by atoms with E-state index < -0.39 is 24.3 Å². The van der Waals surface area contributed by atoms with Crippen LogP contribution in [0.5, 0.6) is 0 Å². The van der Waals surface area contributed by atoms with Gasteiger partial charge in [0.05, 0.1) is 40.3 Å². The number of allylic oxidation sites excluding steroid dienone is 22. The number of likely N-dealkylation sites (N-methyl/N-ethyl adjacent to an activating group) is 1. The van der Waals surface area contributed by atoms with Gasteiger partial charge in [0.15, 0.2) is 12.4 Å². The van der Waals surface area contributed by atoms with Gasteiger partial charge in [-0.05, 0) is 109 Å². The lowest BCUT2D eigenvalue weighted by Crippen LogP contribution is -2.44. The first-order valence-electron chi connectivity index (χ1n) is 28.8. The summed E-state index contributed by atoms with van der Waals surface area (Å²) < 4.78 is 22.6. The van der Waals surface area contributed by atoms with Gasteiger partial charge in [-0.1, -0.05) is 212 Å². The lowest BCUT2D eigenvalue weighted by Gasteiger charge is -2.26. The number of esters is 2. The van der Waals surface area contributed by atoms with Crippen molar-refractivity contribution in [1.82, 2.24) is 0 Å². The molecule has 9 nitrogen and oxygen atoms in total. The summed E-state index contributed by atoms with van der Waals surface area (Å²) >= 11 is 0. The zero-order valence-electron chi connectivity index (χ0n) is 47.4. The fourth-order valence-electron chi connectivity index (χ4n) is 7.21. The van der Waals surface area contributed by atoms with Crippen LogP contribution >= 0.6 is 0 Å². The van der Waals surface area contributed by atoms with Crippen LogP contribution in [0.4, 0.5) is 0 Å². The lowest BCUT2D eigenvalue weighted by atomic mass is 10.1. The van der Waals surface area contributed by atoms with Crippen molar-refractivity contribution in [1.29, 1.82) is 0 Å². The Labute approximate surface area is 452 Å². The Kier molecular flexibility index (Phi) is 51.3. The monoisotopic (exact) mass is 1030 g/mol. The van der Waals surface area contributed by atoms with Gasteiger partial charge in [0.2, 0.25) is 0 Å². The number of nitrogens with zero attached hydrogens (tertiary/aromatic N) is 1. The van der Waals surface area contributed by atoms with Crippen LogP contribution in [0, 0.1) is 0 Å². The maximum atomic E-state index is 12.8. The third kappa shape index (κ3) is 55.2. The van der Waals surface area contributed by atoms with Crippen molar-refractivity contribution in [2.24, 2.45) is 0 Å². The average Bonchev–Trinajstić information content (AvgIpc) is 3.37. The molecule has 74 heavy (non-hydrogen) atoms. The summed E-state index contributed by atoms with van der Waals surface area (Å²) in [4.78, 5) is 37.1. The van der Waals surface area contributed by atoms with Crippen molar-refractivity contribution in [3.05, 3.63) is 134 Å². The highest BCUT2D eigenvalue weighted by atomic mass is 16.7. The van der Waals surface area contributed by atoms with Crippen LogP contribution in [-0.4, -0.2) is 82.3 Å². The summed E-state index contributed by atoms with van der Waals surface area (Å²) in [5, 5.41) is 11.7. The molecule has 0 aliphatic heterocycles. The molecule has 418 valence electrons. The van der Waals surface area contributed by atoms with Gasteiger partial charge in [-0.2, -0.15) is 0 Å². The number of carbonyl (C=O) groups is 3. The molecule has 0 heterocycles. The topological polar surface area (TPSA) is 111 Å². The predicted octanol–water partition coefficient (Wildman–Crippen LogP) is 15.7. The molecule has 0 saturated carbocycles. The third-order valence-corrected chi connectivity index (χ3v) is 11.6. The van der Waals surface area contributed by atoms with Gasteiger partial charge in [0.25, 0.3) is 0 Å². The Morgan fingerprint density at radius 3 is 1.16 bits per heavy atom. The maximum Gasteiger partial charge on any atom is 0.306 e. The number of rotatable bonds is 51. The molecule has 0 N–H and O–H groups in total. The van der Waals surface area contributed by atoms with Gasteiger partial charge in [0.1, 0.15) is 13.2 Å². The standard InChI is InChI=1S/C65H105NO8/c1-6-8-10-12-14-16-18-19-20-21-22-23-24-25-26-27-28-29-30-31-32-33-34-35-36-37-38-39-40-41-42-43-44-45-46-48-50-52-54-56-63(68)74-61(60-73-65(64(69)70)71-58-57-66(3,4)5)59-72-62(67)55-53-51-49-47-17-15-13-11-9-7-2/h8,10-11,13-14,16,19-20,22-23,25-26,28-29,31-32,34-35,37-38,40-41,61,65H,6-7,9,12,15,17-18,21,24,27,30,33,36,39,42-60H2,1-5H3/b10-8-,13-11-,16-14-,20-19-,23-22-,26-25-,29-28-,32-31-,35-34-,38-37-,41-40-. The van der Waals surface area contributed by atoms with Crippen molar-refractivity contribution in [2.75, 3.05) is 47.5 Å². The van der Waals surface area contributed by atoms with Crippen molar-refractivity contribution >= 4 is 17.9 Å². The van der Waals surface area contributed by atoms with E-state index in [-0.39, 0.29) is 38.6 Å². The zero-order chi connectivity index (χ0) is 54.1. The molecule has 0 rings (SSSR count). The van der Waals surface area contributed by atoms with Gasteiger partial charge in [-0.25, -0.2) is 0 Å². The minimum absolute atomic E-state index is 0.138. The summed E-state index contributed by atoms with van der Waals surface area (Å²) in [7, 11) is 5.90. The van der Waals surface area contributed by atoms with Crippen molar-refractivity contribution in [3.8, 4) is 0 Å². The van der Waals surface area contributed by atoms with Crippen LogP contribution in [0.1, 0.15) is 200 Å². The first kappa shape index (κ1) is 69.4. The molecule has 0 radical (unpaired) electrons. The zero-order valence-corrected chi connectivity index (χ0v) is 47.4. The van der Waals surface area contributed by atoms with E-state index in [9.17, 15) is 19.5 Å². The molecule has 0 amide bonds. The van der Waals surface area contributed by atoms with E-state index in [2.05, 4.69) is 148 Å². The number of carbonyl (C=O) groups excluding carboxylic acids is 3. The van der Waals surface area contributed by atoms with Gasteiger partial charge in [-0.15, -0.1) is 0 Å². The van der Waals surface area contributed by atoms with Crippen LogP contribution in [0.15, 0.2) is 134 Å². The van der Waals surface area contributed by atoms with E-state index in [0.29, 0.717) is 17.4 Å². The molecule has 2 atom stereocenters. The molecule has 0 fully saturated rings. The number of unbranched alkanes of at least 4 members (excludes halogenated alkanes) is 14. The van der Waals surface area contributed by atoms with E-state index in [1.54, 1.807) is 0 Å². The Morgan fingerprint density at radius 1 is 0.419 bits per heavy atom. The molecular weight excluding hydrogens is 923 g/mol. The minimum atomic E-state index is -1.63. The number of hydrogen-bond acceptors (Lipinski definition) is 8. The van der Waals surface area contributed by atoms with E-state index >= 15 is 0 Å². The van der Waals surface area contributed by atoms with Crippen LogP contribution in [0.25, 0.3) is 0 Å². The summed E-state index contributed by atoms with van der Waals surface area (Å²) in [5.41, 5.74) is 0. The number of ether oxygens (including phenoxy) is 4. The molecule has 0 aliphatic rings. The molecule has 0 bridgehead atoms. The fourth-order valence-corrected chi connectivity index (χ4v) is 7.21.